The van der Waals surface area contributed by atoms with Crippen LogP contribution in [0.2, 0.25) is 0 Å². The quantitative estimate of drug-likeness (QED) is 0.247. The minimum absolute atomic E-state index is 0.00652. The average Bonchev–Trinajstić information content (AvgIpc) is 3.00. The first-order chi connectivity index (χ1) is 14.9. The SMILES string of the molecule is CC(C)OC(=O)CCC/C=C\CC1C(O)CC(O)[C@@H]1CCC(O)CCc1ccccc1. The summed E-state index contributed by atoms with van der Waals surface area (Å²) in [6, 6.07) is 10.1. The first-order valence-electron chi connectivity index (χ1n) is 11.8. The second kappa shape index (κ2) is 13.7. The van der Waals surface area contributed by atoms with Crippen LogP contribution >= 0.6 is 0 Å². The highest BCUT2D eigenvalue weighted by atomic mass is 16.5. The van der Waals surface area contributed by atoms with Gasteiger partial charge in [-0.3, -0.25) is 4.79 Å². The maximum absolute atomic E-state index is 11.5. The molecule has 1 aliphatic rings. The standard InChI is InChI=1S/C26H40O5/c1-19(2)31-26(30)13-9-4-3-8-12-22-23(25(29)18-24(22)28)17-16-21(27)15-14-20-10-6-5-7-11-20/h3,5-8,10-11,19,21-25,27-29H,4,9,12-18H2,1-2H3/b8-3-/t21?,22?,23-,24?,25?/m1/s1. The average molecular weight is 433 g/mol. The minimum atomic E-state index is -0.513. The Hall–Kier alpha value is -1.69. The summed E-state index contributed by atoms with van der Waals surface area (Å²) >= 11 is 0. The van der Waals surface area contributed by atoms with Crippen LogP contribution in [0.4, 0.5) is 0 Å². The van der Waals surface area contributed by atoms with E-state index in [-0.39, 0.29) is 23.9 Å². The first kappa shape index (κ1) is 25.6. The van der Waals surface area contributed by atoms with E-state index in [0.717, 1.165) is 19.3 Å². The molecular formula is C26H40O5. The second-order valence-corrected chi connectivity index (χ2v) is 9.09. The van der Waals surface area contributed by atoms with Gasteiger partial charge in [0, 0.05) is 6.42 Å². The molecule has 1 aliphatic carbocycles. The molecule has 5 heteroatoms. The summed E-state index contributed by atoms with van der Waals surface area (Å²) in [5.41, 5.74) is 1.22. The highest BCUT2D eigenvalue weighted by Gasteiger charge is 2.40. The Morgan fingerprint density at radius 2 is 1.81 bits per heavy atom. The number of rotatable bonds is 13. The second-order valence-electron chi connectivity index (χ2n) is 9.09. The van der Waals surface area contributed by atoms with Gasteiger partial charge in [-0.05, 0) is 82.6 Å². The largest absolute Gasteiger partial charge is 0.463 e. The molecule has 0 amide bonds. The van der Waals surface area contributed by atoms with Crippen LogP contribution in [0.25, 0.3) is 0 Å². The molecule has 2 rings (SSSR count). The number of unbranched alkanes of at least 4 members (excludes halogenated alkanes) is 1. The molecule has 31 heavy (non-hydrogen) atoms. The summed E-state index contributed by atoms with van der Waals surface area (Å²) in [7, 11) is 0. The topological polar surface area (TPSA) is 87.0 Å². The van der Waals surface area contributed by atoms with Crippen molar-refractivity contribution in [2.24, 2.45) is 11.8 Å². The van der Waals surface area contributed by atoms with Gasteiger partial charge < -0.3 is 20.1 Å². The van der Waals surface area contributed by atoms with Crippen LogP contribution in [0.1, 0.15) is 70.8 Å². The van der Waals surface area contributed by atoms with Crippen LogP contribution < -0.4 is 0 Å². The van der Waals surface area contributed by atoms with Crippen LogP contribution in [0.3, 0.4) is 0 Å². The van der Waals surface area contributed by atoms with Crippen molar-refractivity contribution < 1.29 is 24.9 Å². The summed E-state index contributed by atoms with van der Waals surface area (Å²) < 4.78 is 5.12. The minimum Gasteiger partial charge on any atom is -0.463 e. The van der Waals surface area contributed by atoms with Crippen molar-refractivity contribution in [3.63, 3.8) is 0 Å². The fourth-order valence-corrected chi connectivity index (χ4v) is 4.47. The van der Waals surface area contributed by atoms with Crippen molar-refractivity contribution >= 4 is 5.97 Å². The van der Waals surface area contributed by atoms with Crippen LogP contribution in [-0.4, -0.2) is 45.7 Å². The molecule has 3 N–H and O–H groups in total. The van der Waals surface area contributed by atoms with Crippen LogP contribution in [-0.2, 0) is 16.0 Å². The molecule has 1 fully saturated rings. The third-order valence-corrected chi connectivity index (χ3v) is 6.16. The number of aryl methyl sites for hydroxylation is 1. The number of carbonyl (C=O) groups excluding carboxylic acids is 1. The molecule has 5 nitrogen and oxygen atoms in total. The van der Waals surface area contributed by atoms with Crippen molar-refractivity contribution in [3.05, 3.63) is 48.0 Å². The predicted octanol–water partition coefficient (Wildman–Crippen LogP) is 4.19. The Kier molecular flexibility index (Phi) is 11.3. The lowest BCUT2D eigenvalue weighted by Gasteiger charge is -2.23. The zero-order chi connectivity index (χ0) is 22.6. The van der Waals surface area contributed by atoms with E-state index in [0.29, 0.717) is 38.5 Å². The molecule has 0 spiro atoms. The number of benzene rings is 1. The van der Waals surface area contributed by atoms with Crippen LogP contribution in [0.5, 0.6) is 0 Å². The van der Waals surface area contributed by atoms with E-state index in [1.54, 1.807) is 0 Å². The highest BCUT2D eigenvalue weighted by molar-refractivity contribution is 5.69. The first-order valence-corrected chi connectivity index (χ1v) is 11.8. The molecule has 1 aromatic rings. The summed E-state index contributed by atoms with van der Waals surface area (Å²) in [6.45, 7) is 3.69. The molecule has 0 radical (unpaired) electrons. The molecule has 0 saturated heterocycles. The van der Waals surface area contributed by atoms with Crippen LogP contribution in [0, 0.1) is 11.8 Å². The fourth-order valence-electron chi connectivity index (χ4n) is 4.47. The molecule has 1 saturated carbocycles. The van der Waals surface area contributed by atoms with Crippen molar-refractivity contribution in [3.8, 4) is 0 Å². The van der Waals surface area contributed by atoms with Gasteiger partial charge in [-0.25, -0.2) is 0 Å². The van der Waals surface area contributed by atoms with Gasteiger partial charge in [0.1, 0.15) is 0 Å². The molecule has 5 atom stereocenters. The number of hydrogen-bond donors (Lipinski definition) is 3. The Balaban J connectivity index is 1.70. The highest BCUT2D eigenvalue weighted by Crippen LogP contribution is 2.38. The van der Waals surface area contributed by atoms with Crippen molar-refractivity contribution in [2.75, 3.05) is 0 Å². The Bertz CT molecular complexity index is 657. The van der Waals surface area contributed by atoms with Gasteiger partial charge in [0.2, 0.25) is 0 Å². The Labute approximate surface area is 187 Å². The number of carbonyl (C=O) groups is 1. The number of hydrogen-bond acceptors (Lipinski definition) is 5. The van der Waals surface area contributed by atoms with Gasteiger partial charge in [0.15, 0.2) is 0 Å². The molecule has 4 unspecified atom stereocenters. The summed E-state index contributed by atoms with van der Waals surface area (Å²) in [4.78, 5) is 11.5. The van der Waals surface area contributed by atoms with Gasteiger partial charge in [-0.1, -0.05) is 42.5 Å². The van der Waals surface area contributed by atoms with E-state index in [1.165, 1.54) is 5.56 Å². The molecule has 0 aliphatic heterocycles. The number of esters is 1. The van der Waals surface area contributed by atoms with Gasteiger partial charge >= 0.3 is 5.97 Å². The lowest BCUT2D eigenvalue weighted by Crippen LogP contribution is -2.23. The van der Waals surface area contributed by atoms with E-state index in [2.05, 4.69) is 18.2 Å². The monoisotopic (exact) mass is 432 g/mol. The van der Waals surface area contributed by atoms with Gasteiger partial charge in [0.25, 0.3) is 0 Å². The van der Waals surface area contributed by atoms with E-state index < -0.39 is 18.3 Å². The molecular weight excluding hydrogens is 392 g/mol. The van der Waals surface area contributed by atoms with Gasteiger partial charge in [0.05, 0.1) is 24.4 Å². The lowest BCUT2D eigenvalue weighted by molar-refractivity contribution is -0.147. The molecule has 0 heterocycles. The molecule has 0 aromatic heterocycles. The van der Waals surface area contributed by atoms with Gasteiger partial charge in [-0.2, -0.15) is 0 Å². The third-order valence-electron chi connectivity index (χ3n) is 6.16. The summed E-state index contributed by atoms with van der Waals surface area (Å²) in [6.07, 6.45) is 8.58. The fraction of sp³-hybridized carbons (Fsp3) is 0.654. The maximum Gasteiger partial charge on any atom is 0.306 e. The van der Waals surface area contributed by atoms with E-state index in [1.807, 2.05) is 38.1 Å². The van der Waals surface area contributed by atoms with Crippen LogP contribution in [0.15, 0.2) is 42.5 Å². The van der Waals surface area contributed by atoms with E-state index >= 15 is 0 Å². The zero-order valence-corrected chi connectivity index (χ0v) is 19.0. The number of ether oxygens (including phenoxy) is 1. The maximum atomic E-state index is 11.5. The smallest absolute Gasteiger partial charge is 0.306 e. The van der Waals surface area contributed by atoms with E-state index in [4.69, 9.17) is 4.74 Å². The summed E-state index contributed by atoms with van der Waals surface area (Å²) in [5, 5.41) is 31.2. The predicted molar refractivity (Wildman–Crippen MR) is 122 cm³/mol. The van der Waals surface area contributed by atoms with Crippen molar-refractivity contribution in [2.45, 2.75) is 96.1 Å². The Morgan fingerprint density at radius 1 is 1.10 bits per heavy atom. The number of allylic oxidation sites excluding steroid dienone is 2. The number of aliphatic hydroxyl groups excluding tert-OH is 3. The normalized spacial score (nSPS) is 24.7. The number of aliphatic hydroxyl groups is 3. The van der Waals surface area contributed by atoms with Crippen molar-refractivity contribution in [1.82, 2.24) is 0 Å². The van der Waals surface area contributed by atoms with E-state index in [9.17, 15) is 20.1 Å². The van der Waals surface area contributed by atoms with Gasteiger partial charge in [-0.15, -0.1) is 0 Å². The molecule has 0 bridgehead atoms. The molecule has 174 valence electrons. The molecule has 1 aromatic carbocycles. The van der Waals surface area contributed by atoms with Crippen molar-refractivity contribution in [1.29, 1.82) is 0 Å². The Morgan fingerprint density at radius 3 is 2.52 bits per heavy atom. The lowest BCUT2D eigenvalue weighted by atomic mass is 9.85. The summed E-state index contributed by atoms with van der Waals surface area (Å²) in [5.74, 6) is -0.144. The zero-order valence-electron chi connectivity index (χ0n) is 19.0. The third kappa shape index (κ3) is 9.55.